The van der Waals surface area contributed by atoms with Crippen LogP contribution in [0.2, 0.25) is 0 Å². The van der Waals surface area contributed by atoms with Gasteiger partial charge in [-0.1, -0.05) is 20.3 Å². The summed E-state index contributed by atoms with van der Waals surface area (Å²) >= 11 is 0. The normalized spacial score (nSPS) is 23.4. The molecule has 0 aliphatic heterocycles. The molecule has 0 saturated heterocycles. The van der Waals surface area contributed by atoms with Gasteiger partial charge in [-0.15, -0.1) is 0 Å². The molecule has 3 nitrogen and oxygen atoms in total. The third-order valence-electron chi connectivity index (χ3n) is 2.97. The van der Waals surface area contributed by atoms with Crippen LogP contribution in [0.15, 0.2) is 0 Å². The van der Waals surface area contributed by atoms with Crippen molar-refractivity contribution in [1.29, 1.82) is 0 Å². The molecule has 1 rings (SSSR count). The Bertz CT molecular complexity index is 201. The Kier molecular flexibility index (Phi) is 3.93. The van der Waals surface area contributed by atoms with Crippen molar-refractivity contribution in [3.8, 4) is 0 Å². The number of carbonyl (C=O) groups is 1. The second-order valence-corrected chi connectivity index (χ2v) is 4.90. The monoisotopic (exact) mass is 199 g/mol. The molecule has 1 aliphatic rings. The molecule has 1 aliphatic carbocycles. The van der Waals surface area contributed by atoms with Gasteiger partial charge in [0, 0.05) is 12.5 Å². The molecule has 0 aromatic rings. The predicted octanol–water partition coefficient (Wildman–Crippen LogP) is 2.02. The molecule has 3 heteroatoms. The maximum absolute atomic E-state index is 10.2. The van der Waals surface area contributed by atoms with Gasteiger partial charge in [0.25, 0.3) is 0 Å². The van der Waals surface area contributed by atoms with Crippen LogP contribution in [0, 0.1) is 5.41 Å². The average molecular weight is 199 g/mol. The summed E-state index contributed by atoms with van der Waals surface area (Å²) in [5.74, 6) is -0.679. The van der Waals surface area contributed by atoms with Gasteiger partial charge < -0.3 is 10.4 Å². The smallest absolute Gasteiger partial charge is 0.303 e. The van der Waals surface area contributed by atoms with Crippen LogP contribution in [0.4, 0.5) is 0 Å². The third-order valence-corrected chi connectivity index (χ3v) is 2.97. The van der Waals surface area contributed by atoms with Crippen molar-refractivity contribution in [1.82, 2.24) is 5.32 Å². The van der Waals surface area contributed by atoms with E-state index in [2.05, 4.69) is 19.2 Å². The minimum atomic E-state index is -0.679. The number of carboxylic acids is 1. The molecule has 0 heterocycles. The lowest BCUT2D eigenvalue weighted by molar-refractivity contribution is -0.137. The van der Waals surface area contributed by atoms with Gasteiger partial charge in [0.1, 0.15) is 0 Å². The van der Waals surface area contributed by atoms with Crippen LogP contribution in [0.3, 0.4) is 0 Å². The highest BCUT2D eigenvalue weighted by molar-refractivity contribution is 5.66. The van der Waals surface area contributed by atoms with Gasteiger partial charge in [0.2, 0.25) is 0 Å². The van der Waals surface area contributed by atoms with Crippen molar-refractivity contribution in [2.45, 2.75) is 52.0 Å². The number of unbranched alkanes of at least 4 members (excludes halogenated alkanes) is 2. The Morgan fingerprint density at radius 2 is 2.07 bits per heavy atom. The summed E-state index contributed by atoms with van der Waals surface area (Å²) in [5.41, 5.74) is 0.501. The van der Waals surface area contributed by atoms with E-state index >= 15 is 0 Å². The number of hydrogen-bond donors (Lipinski definition) is 2. The molecule has 0 bridgehead atoms. The minimum absolute atomic E-state index is 0.314. The van der Waals surface area contributed by atoms with Crippen LogP contribution >= 0.6 is 0 Å². The summed E-state index contributed by atoms with van der Waals surface area (Å²) in [4.78, 5) is 10.2. The van der Waals surface area contributed by atoms with Gasteiger partial charge in [-0.3, -0.25) is 4.79 Å². The van der Waals surface area contributed by atoms with Crippen molar-refractivity contribution in [3.63, 3.8) is 0 Å². The molecule has 2 N–H and O–H groups in total. The highest BCUT2D eigenvalue weighted by Gasteiger charge is 2.44. The lowest BCUT2D eigenvalue weighted by atomic mass is 10.1. The number of nitrogens with one attached hydrogen (secondary N) is 1. The molecule has 14 heavy (non-hydrogen) atoms. The van der Waals surface area contributed by atoms with E-state index in [1.54, 1.807) is 0 Å². The van der Waals surface area contributed by atoms with Crippen LogP contribution in [0.5, 0.6) is 0 Å². The molecule has 1 saturated carbocycles. The summed E-state index contributed by atoms with van der Waals surface area (Å²) in [7, 11) is 0. The van der Waals surface area contributed by atoms with E-state index in [4.69, 9.17) is 5.11 Å². The zero-order valence-electron chi connectivity index (χ0n) is 9.18. The number of hydrogen-bond acceptors (Lipinski definition) is 2. The maximum atomic E-state index is 10.2. The van der Waals surface area contributed by atoms with Crippen molar-refractivity contribution in [2.75, 3.05) is 6.54 Å². The Morgan fingerprint density at radius 3 is 2.57 bits per heavy atom. The summed E-state index contributed by atoms with van der Waals surface area (Å²) in [5, 5.41) is 11.9. The molecule has 0 spiro atoms. The third kappa shape index (κ3) is 4.09. The molecule has 1 fully saturated rings. The predicted molar refractivity (Wildman–Crippen MR) is 56.3 cm³/mol. The Morgan fingerprint density at radius 1 is 1.43 bits per heavy atom. The SMILES string of the molecule is CC1(C)CC1NCCCCCC(=O)O. The molecule has 0 aromatic heterocycles. The van der Waals surface area contributed by atoms with Crippen LogP contribution in [-0.4, -0.2) is 23.7 Å². The van der Waals surface area contributed by atoms with Crippen molar-refractivity contribution in [2.24, 2.45) is 5.41 Å². The van der Waals surface area contributed by atoms with Gasteiger partial charge in [-0.25, -0.2) is 0 Å². The molecule has 82 valence electrons. The lowest BCUT2D eigenvalue weighted by Gasteiger charge is -2.05. The Labute approximate surface area is 85.9 Å². The van der Waals surface area contributed by atoms with E-state index in [1.165, 1.54) is 6.42 Å². The molecule has 0 aromatic carbocycles. The van der Waals surface area contributed by atoms with Crippen LogP contribution in [-0.2, 0) is 4.79 Å². The molecule has 0 amide bonds. The quantitative estimate of drug-likeness (QED) is 0.617. The number of aliphatic carboxylic acids is 1. The van der Waals surface area contributed by atoms with Crippen molar-refractivity contribution >= 4 is 5.97 Å². The highest BCUT2D eigenvalue weighted by Crippen LogP contribution is 2.44. The van der Waals surface area contributed by atoms with Gasteiger partial charge >= 0.3 is 5.97 Å². The largest absolute Gasteiger partial charge is 0.481 e. The molecular formula is C11H21NO2. The standard InChI is InChI=1S/C11H21NO2/c1-11(2)8-9(11)12-7-5-3-4-6-10(13)14/h9,12H,3-8H2,1-2H3,(H,13,14). The molecule has 1 unspecified atom stereocenters. The fourth-order valence-corrected chi connectivity index (χ4v) is 1.67. The lowest BCUT2D eigenvalue weighted by Crippen LogP contribution is -2.21. The van der Waals surface area contributed by atoms with E-state index < -0.39 is 5.97 Å². The van der Waals surface area contributed by atoms with Gasteiger partial charge in [0.15, 0.2) is 0 Å². The first-order chi connectivity index (χ1) is 6.52. The summed E-state index contributed by atoms with van der Waals surface area (Å²) < 4.78 is 0. The first-order valence-electron chi connectivity index (χ1n) is 5.47. The fourth-order valence-electron chi connectivity index (χ4n) is 1.67. The zero-order valence-corrected chi connectivity index (χ0v) is 9.18. The number of carboxylic acid groups (broad SMARTS) is 1. The van der Waals surface area contributed by atoms with Crippen LogP contribution in [0.1, 0.15) is 46.0 Å². The van der Waals surface area contributed by atoms with Gasteiger partial charge in [0.05, 0.1) is 0 Å². The average Bonchev–Trinajstić information content (AvgIpc) is 2.66. The second-order valence-electron chi connectivity index (χ2n) is 4.90. The van der Waals surface area contributed by atoms with Crippen LogP contribution in [0.25, 0.3) is 0 Å². The maximum Gasteiger partial charge on any atom is 0.303 e. The van der Waals surface area contributed by atoms with E-state index in [9.17, 15) is 4.79 Å². The van der Waals surface area contributed by atoms with Crippen molar-refractivity contribution in [3.05, 3.63) is 0 Å². The van der Waals surface area contributed by atoms with E-state index in [0.29, 0.717) is 17.9 Å². The van der Waals surface area contributed by atoms with Gasteiger partial charge in [-0.05, 0) is 31.2 Å². The van der Waals surface area contributed by atoms with Gasteiger partial charge in [-0.2, -0.15) is 0 Å². The molecular weight excluding hydrogens is 178 g/mol. The first kappa shape index (κ1) is 11.5. The summed E-state index contributed by atoms with van der Waals surface area (Å²) in [6.07, 6.45) is 4.52. The van der Waals surface area contributed by atoms with Crippen LogP contribution < -0.4 is 5.32 Å². The topological polar surface area (TPSA) is 49.3 Å². The summed E-state index contributed by atoms with van der Waals surface area (Å²) in [6.45, 7) is 5.58. The highest BCUT2D eigenvalue weighted by atomic mass is 16.4. The van der Waals surface area contributed by atoms with E-state index in [1.807, 2.05) is 0 Å². The zero-order chi connectivity index (χ0) is 10.6. The minimum Gasteiger partial charge on any atom is -0.481 e. The van der Waals surface area contributed by atoms with Crippen molar-refractivity contribution < 1.29 is 9.90 Å². The fraction of sp³-hybridized carbons (Fsp3) is 0.909. The molecule has 1 atom stereocenters. The Balaban J connectivity index is 1.84. The summed E-state index contributed by atoms with van der Waals surface area (Å²) in [6, 6.07) is 0.696. The van der Waals surface area contributed by atoms with E-state index in [-0.39, 0.29) is 0 Å². The number of rotatable bonds is 7. The van der Waals surface area contributed by atoms with E-state index in [0.717, 1.165) is 25.8 Å². The Hall–Kier alpha value is -0.570. The first-order valence-corrected chi connectivity index (χ1v) is 5.47. The molecule has 0 radical (unpaired) electrons. The second kappa shape index (κ2) is 4.78.